The first kappa shape index (κ1) is 17.3. The van der Waals surface area contributed by atoms with Gasteiger partial charge in [0.2, 0.25) is 0 Å². The SMILES string of the molecule is CC(C)=CCCC(C)CCCC(=O)C(=[N+]=N)C(=O)O. The second kappa shape index (κ2) is 9.22. The average molecular weight is 267 g/mol. The topological polar surface area (TPSA) is 92.3 Å². The molecule has 0 amide bonds. The highest BCUT2D eigenvalue weighted by Crippen LogP contribution is 2.15. The van der Waals surface area contributed by atoms with E-state index in [0.717, 1.165) is 19.3 Å². The van der Waals surface area contributed by atoms with Crippen molar-refractivity contribution < 1.29 is 19.5 Å². The minimum Gasteiger partial charge on any atom is -0.472 e. The van der Waals surface area contributed by atoms with E-state index in [0.29, 0.717) is 12.3 Å². The predicted molar refractivity (Wildman–Crippen MR) is 72.3 cm³/mol. The number of nitrogens with one attached hydrogen (secondary N) is 1. The first-order valence-corrected chi connectivity index (χ1v) is 6.52. The molecule has 0 saturated heterocycles. The van der Waals surface area contributed by atoms with Gasteiger partial charge in [-0.3, -0.25) is 4.79 Å². The Kier molecular flexibility index (Phi) is 8.38. The number of hydrogen-bond donors (Lipinski definition) is 2. The van der Waals surface area contributed by atoms with Gasteiger partial charge in [-0.2, -0.15) is 0 Å². The summed E-state index contributed by atoms with van der Waals surface area (Å²) in [6.45, 7) is 6.26. The van der Waals surface area contributed by atoms with Crippen LogP contribution in [-0.2, 0) is 9.59 Å². The maximum absolute atomic E-state index is 11.5. The molecule has 0 saturated carbocycles. The van der Waals surface area contributed by atoms with E-state index in [1.165, 1.54) is 5.57 Å². The number of hydrogen-bond acceptors (Lipinski definition) is 3. The number of rotatable bonds is 9. The zero-order chi connectivity index (χ0) is 14.8. The summed E-state index contributed by atoms with van der Waals surface area (Å²) in [4.78, 5) is 24.8. The van der Waals surface area contributed by atoms with Gasteiger partial charge in [-0.1, -0.05) is 25.0 Å². The van der Waals surface area contributed by atoms with Gasteiger partial charge in [0.15, 0.2) is 0 Å². The summed E-state index contributed by atoms with van der Waals surface area (Å²) < 4.78 is 0. The number of carboxylic acid groups (broad SMARTS) is 1. The quantitative estimate of drug-likeness (QED) is 0.221. The highest BCUT2D eigenvalue weighted by Gasteiger charge is 2.30. The molecule has 0 spiro atoms. The molecule has 0 aliphatic rings. The Morgan fingerprint density at radius 3 is 2.42 bits per heavy atom. The lowest BCUT2D eigenvalue weighted by Gasteiger charge is -2.08. The molecule has 1 atom stereocenters. The summed E-state index contributed by atoms with van der Waals surface area (Å²) in [5.74, 6) is -1.47. The number of Topliss-reactive ketones (excluding diaryl/α,β-unsaturated/α-hetero) is 1. The molecule has 19 heavy (non-hydrogen) atoms. The normalized spacial score (nSPS) is 11.3. The number of carboxylic acids is 1. The number of carbonyl (C=O) groups excluding carboxylic acids is 1. The smallest absolute Gasteiger partial charge is 0.472 e. The van der Waals surface area contributed by atoms with Crippen LogP contribution in [0.2, 0.25) is 0 Å². The molecule has 0 aromatic rings. The number of ketones is 1. The highest BCUT2D eigenvalue weighted by atomic mass is 16.4. The average Bonchev–Trinajstić information content (AvgIpc) is 2.28. The molecule has 0 fully saturated rings. The summed E-state index contributed by atoms with van der Waals surface area (Å²) in [5, 5.41) is 8.64. The molecule has 0 aromatic heterocycles. The van der Waals surface area contributed by atoms with Crippen LogP contribution in [0.15, 0.2) is 11.6 Å². The van der Waals surface area contributed by atoms with Gasteiger partial charge in [0.1, 0.15) is 0 Å². The molecule has 0 bridgehead atoms. The van der Waals surface area contributed by atoms with E-state index in [2.05, 4.69) is 31.6 Å². The fourth-order valence-electron chi connectivity index (χ4n) is 1.76. The summed E-state index contributed by atoms with van der Waals surface area (Å²) in [6, 6.07) is 0. The van der Waals surface area contributed by atoms with Crippen molar-refractivity contribution in [1.82, 2.24) is 0 Å². The predicted octanol–water partition coefficient (Wildman–Crippen LogP) is 2.87. The molecule has 0 aromatic carbocycles. The van der Waals surface area contributed by atoms with E-state index in [4.69, 9.17) is 10.6 Å². The Labute approximate surface area is 113 Å². The largest absolute Gasteiger partial charge is 0.490 e. The zero-order valence-corrected chi connectivity index (χ0v) is 11.9. The third-order valence-electron chi connectivity index (χ3n) is 2.89. The Hall–Kier alpha value is -1.74. The molecule has 0 radical (unpaired) electrons. The fourth-order valence-corrected chi connectivity index (χ4v) is 1.76. The third-order valence-corrected chi connectivity index (χ3v) is 2.89. The minimum atomic E-state index is -1.42. The molecule has 0 aliphatic heterocycles. The van der Waals surface area contributed by atoms with E-state index in [1.54, 1.807) is 0 Å². The van der Waals surface area contributed by atoms with Crippen LogP contribution in [0.1, 0.15) is 52.9 Å². The van der Waals surface area contributed by atoms with Crippen molar-refractivity contribution in [2.24, 2.45) is 5.92 Å². The molecule has 5 nitrogen and oxygen atoms in total. The lowest BCUT2D eigenvalue weighted by Crippen LogP contribution is -2.24. The Morgan fingerprint density at radius 2 is 1.95 bits per heavy atom. The first-order valence-electron chi connectivity index (χ1n) is 6.52. The summed E-state index contributed by atoms with van der Waals surface area (Å²) in [7, 11) is 0. The highest BCUT2D eigenvalue weighted by molar-refractivity contribution is 6.61. The molecular weight excluding hydrogens is 244 g/mol. The minimum absolute atomic E-state index is 0.150. The number of allylic oxidation sites excluding steroid dienone is 2. The Bertz CT molecular complexity index is 403. The van der Waals surface area contributed by atoms with Gasteiger partial charge in [0.25, 0.3) is 5.78 Å². The van der Waals surface area contributed by atoms with Gasteiger partial charge in [0, 0.05) is 6.42 Å². The standard InChI is InChI=1S/C14H22N2O3/c1-10(2)6-4-7-11(3)8-5-9-12(17)13(16-15)14(18)19/h6,11,15H,4-5,7-9H2,1-3H3/p+1. The number of carbonyl (C=O) groups is 2. The molecule has 1 unspecified atom stereocenters. The van der Waals surface area contributed by atoms with E-state index in [-0.39, 0.29) is 6.42 Å². The molecule has 2 N–H and O–H groups in total. The number of nitrogens with zero attached hydrogens (tertiary/aromatic N) is 1. The summed E-state index contributed by atoms with van der Waals surface area (Å²) in [5.41, 5.74) is 7.29. The molecule has 0 aliphatic carbocycles. The van der Waals surface area contributed by atoms with Crippen molar-refractivity contribution in [3.8, 4) is 0 Å². The molecular formula is C14H23N2O3+. The van der Waals surface area contributed by atoms with Crippen LogP contribution >= 0.6 is 0 Å². The Balaban J connectivity index is 3.97. The third kappa shape index (κ3) is 8.06. The van der Waals surface area contributed by atoms with Crippen LogP contribution < -0.4 is 0 Å². The molecule has 5 heteroatoms. The van der Waals surface area contributed by atoms with Gasteiger partial charge in [-0.05, 0) is 39.0 Å². The van der Waals surface area contributed by atoms with Crippen molar-refractivity contribution >= 4 is 17.5 Å². The second-order valence-electron chi connectivity index (χ2n) is 5.04. The van der Waals surface area contributed by atoms with Crippen LogP contribution in [0.4, 0.5) is 0 Å². The van der Waals surface area contributed by atoms with Crippen LogP contribution in [0.3, 0.4) is 0 Å². The second-order valence-corrected chi connectivity index (χ2v) is 5.04. The van der Waals surface area contributed by atoms with Crippen LogP contribution in [0.25, 0.3) is 0 Å². The fraction of sp³-hybridized carbons (Fsp3) is 0.643. The maximum atomic E-state index is 11.5. The van der Waals surface area contributed by atoms with Crippen LogP contribution in [0, 0.1) is 11.4 Å². The van der Waals surface area contributed by atoms with E-state index in [1.807, 2.05) is 0 Å². The maximum Gasteiger partial charge on any atom is 0.490 e. The van der Waals surface area contributed by atoms with Crippen LogP contribution in [-0.4, -0.2) is 27.4 Å². The monoisotopic (exact) mass is 267 g/mol. The van der Waals surface area contributed by atoms with Crippen molar-refractivity contribution in [1.29, 1.82) is 5.53 Å². The van der Waals surface area contributed by atoms with Crippen molar-refractivity contribution in [3.05, 3.63) is 11.6 Å². The molecule has 0 heterocycles. The van der Waals surface area contributed by atoms with Gasteiger partial charge in [-0.15, -0.1) is 0 Å². The lowest BCUT2D eigenvalue weighted by molar-refractivity contribution is -0.153. The molecule has 0 rings (SSSR count). The molecule has 106 valence electrons. The van der Waals surface area contributed by atoms with E-state index >= 15 is 0 Å². The zero-order valence-electron chi connectivity index (χ0n) is 11.9. The lowest BCUT2D eigenvalue weighted by atomic mass is 9.97. The van der Waals surface area contributed by atoms with Gasteiger partial charge >= 0.3 is 11.7 Å². The van der Waals surface area contributed by atoms with Gasteiger partial charge in [0.05, 0.1) is 10.3 Å². The van der Waals surface area contributed by atoms with Gasteiger partial charge < -0.3 is 5.11 Å². The van der Waals surface area contributed by atoms with Gasteiger partial charge in [-0.25, -0.2) is 4.79 Å². The van der Waals surface area contributed by atoms with Crippen LogP contribution in [0.5, 0.6) is 0 Å². The van der Waals surface area contributed by atoms with E-state index in [9.17, 15) is 9.59 Å². The van der Waals surface area contributed by atoms with Crippen molar-refractivity contribution in [2.75, 3.05) is 0 Å². The number of aliphatic carboxylic acids is 1. The summed E-state index contributed by atoms with van der Waals surface area (Å²) >= 11 is 0. The van der Waals surface area contributed by atoms with E-state index < -0.39 is 17.5 Å². The Morgan fingerprint density at radius 1 is 1.32 bits per heavy atom. The van der Waals surface area contributed by atoms with Crippen molar-refractivity contribution in [2.45, 2.75) is 52.9 Å². The summed E-state index contributed by atoms with van der Waals surface area (Å²) in [6.07, 6.45) is 5.96. The van der Waals surface area contributed by atoms with Crippen molar-refractivity contribution in [3.63, 3.8) is 0 Å². The first-order chi connectivity index (χ1) is 8.88.